The van der Waals surface area contributed by atoms with Crippen molar-refractivity contribution in [3.8, 4) is 0 Å². The maximum absolute atomic E-state index is 6.19. The highest BCUT2D eigenvalue weighted by molar-refractivity contribution is 9.10. The fraction of sp³-hybridized carbons (Fsp3) is 0.308. The highest BCUT2D eigenvalue weighted by Crippen LogP contribution is 2.23. The molecule has 0 aliphatic rings. The number of aryl methyl sites for hydroxylation is 1. The Balaban J connectivity index is 2.08. The molecule has 0 amide bonds. The van der Waals surface area contributed by atoms with Crippen LogP contribution in [-0.2, 0) is 12.8 Å². The van der Waals surface area contributed by atoms with Crippen LogP contribution < -0.4 is 5.73 Å². The first-order valence-corrected chi connectivity index (χ1v) is 7.23. The van der Waals surface area contributed by atoms with Crippen molar-refractivity contribution < 1.29 is 0 Å². The molecule has 90 valence electrons. The Morgan fingerprint density at radius 1 is 1.35 bits per heavy atom. The predicted molar refractivity (Wildman–Crippen MR) is 76.3 cm³/mol. The maximum atomic E-state index is 6.19. The largest absolute Gasteiger partial charge is 0.324 e. The number of hydrogen-bond donors (Lipinski definition) is 1. The molecule has 1 unspecified atom stereocenters. The van der Waals surface area contributed by atoms with Gasteiger partial charge in [0.2, 0.25) is 0 Å². The van der Waals surface area contributed by atoms with Crippen molar-refractivity contribution in [3.05, 3.63) is 50.4 Å². The molecule has 0 saturated carbocycles. The third kappa shape index (κ3) is 3.37. The van der Waals surface area contributed by atoms with Gasteiger partial charge < -0.3 is 5.73 Å². The van der Waals surface area contributed by atoms with E-state index >= 15 is 0 Å². The Bertz CT molecular complexity index is 496. The smallest absolute Gasteiger partial charge is 0.0410 e. The second-order valence-electron chi connectivity index (χ2n) is 3.97. The van der Waals surface area contributed by atoms with Gasteiger partial charge in [0.05, 0.1) is 0 Å². The third-order valence-electron chi connectivity index (χ3n) is 2.64. The fourth-order valence-electron chi connectivity index (χ4n) is 1.69. The number of pyridine rings is 1. The van der Waals surface area contributed by atoms with E-state index in [0.717, 1.165) is 22.9 Å². The van der Waals surface area contributed by atoms with Crippen LogP contribution in [0, 0.1) is 0 Å². The number of nitrogens with zero attached hydrogens (tertiary/aromatic N) is 1. The summed E-state index contributed by atoms with van der Waals surface area (Å²) in [6.45, 7) is 2.17. The number of nitrogens with two attached hydrogens (primary N) is 1. The molecular formula is C13H15BrN2S. The van der Waals surface area contributed by atoms with Crippen LogP contribution >= 0.6 is 27.3 Å². The molecule has 2 heterocycles. The van der Waals surface area contributed by atoms with Crippen molar-refractivity contribution in [1.82, 2.24) is 4.98 Å². The van der Waals surface area contributed by atoms with Gasteiger partial charge >= 0.3 is 0 Å². The Morgan fingerprint density at radius 2 is 2.12 bits per heavy atom. The molecule has 2 rings (SSSR count). The van der Waals surface area contributed by atoms with E-state index in [1.54, 1.807) is 6.20 Å². The molecule has 0 aliphatic heterocycles. The summed E-state index contributed by atoms with van der Waals surface area (Å²) in [4.78, 5) is 6.90. The second kappa shape index (κ2) is 5.76. The van der Waals surface area contributed by atoms with Gasteiger partial charge in [-0.2, -0.15) is 0 Å². The molecule has 2 aromatic rings. The van der Waals surface area contributed by atoms with Gasteiger partial charge in [-0.15, -0.1) is 11.3 Å². The molecule has 2 nitrogen and oxygen atoms in total. The lowest BCUT2D eigenvalue weighted by Crippen LogP contribution is -2.12. The molecule has 1 atom stereocenters. The zero-order chi connectivity index (χ0) is 12.3. The summed E-state index contributed by atoms with van der Waals surface area (Å²) >= 11 is 5.26. The number of halogens is 1. The summed E-state index contributed by atoms with van der Waals surface area (Å²) in [5.74, 6) is 0. The molecule has 2 aromatic heterocycles. The van der Waals surface area contributed by atoms with Crippen molar-refractivity contribution in [2.24, 2.45) is 5.73 Å². The zero-order valence-electron chi connectivity index (χ0n) is 9.69. The van der Waals surface area contributed by atoms with Gasteiger partial charge in [0.1, 0.15) is 0 Å². The van der Waals surface area contributed by atoms with E-state index in [2.05, 4.69) is 40.0 Å². The van der Waals surface area contributed by atoms with Crippen LogP contribution in [0.2, 0.25) is 0 Å². The lowest BCUT2D eigenvalue weighted by molar-refractivity contribution is 0.725. The second-order valence-corrected chi connectivity index (χ2v) is 6.14. The first-order valence-electron chi connectivity index (χ1n) is 5.62. The third-order valence-corrected chi connectivity index (χ3v) is 4.33. The average molecular weight is 311 g/mol. The minimum Gasteiger partial charge on any atom is -0.324 e. The molecule has 0 fully saturated rings. The fourth-order valence-corrected chi connectivity index (χ4v) is 3.09. The molecular weight excluding hydrogens is 296 g/mol. The van der Waals surface area contributed by atoms with Crippen LogP contribution in [0.25, 0.3) is 0 Å². The molecule has 0 saturated heterocycles. The SMILES string of the molecule is CCc1ccc(CC(N)c2cncc(Br)c2)s1. The van der Waals surface area contributed by atoms with E-state index in [-0.39, 0.29) is 6.04 Å². The first-order chi connectivity index (χ1) is 8.19. The quantitative estimate of drug-likeness (QED) is 0.935. The van der Waals surface area contributed by atoms with Gasteiger partial charge in [-0.3, -0.25) is 4.98 Å². The highest BCUT2D eigenvalue weighted by Gasteiger charge is 2.09. The Labute approximate surface area is 114 Å². The molecule has 4 heteroatoms. The van der Waals surface area contributed by atoms with Crippen LogP contribution in [-0.4, -0.2) is 4.98 Å². The van der Waals surface area contributed by atoms with Gasteiger partial charge in [-0.1, -0.05) is 6.92 Å². The molecule has 0 spiro atoms. The van der Waals surface area contributed by atoms with Crippen molar-refractivity contribution in [2.45, 2.75) is 25.8 Å². The molecule has 0 aromatic carbocycles. The van der Waals surface area contributed by atoms with Gasteiger partial charge in [0, 0.05) is 39.1 Å². The number of hydrogen-bond acceptors (Lipinski definition) is 3. The minimum atomic E-state index is 0.0170. The lowest BCUT2D eigenvalue weighted by Gasteiger charge is -2.10. The van der Waals surface area contributed by atoms with Crippen LogP contribution in [0.3, 0.4) is 0 Å². The van der Waals surface area contributed by atoms with E-state index in [1.165, 1.54) is 9.75 Å². The van der Waals surface area contributed by atoms with Gasteiger partial charge in [0.25, 0.3) is 0 Å². The normalized spacial score (nSPS) is 12.6. The summed E-state index contributed by atoms with van der Waals surface area (Å²) in [5, 5.41) is 0. The number of thiophene rings is 1. The topological polar surface area (TPSA) is 38.9 Å². The molecule has 17 heavy (non-hydrogen) atoms. The Kier molecular flexibility index (Phi) is 4.31. The molecule has 2 N–H and O–H groups in total. The first kappa shape index (κ1) is 12.7. The number of rotatable bonds is 4. The molecule has 0 aliphatic carbocycles. The summed E-state index contributed by atoms with van der Waals surface area (Å²) in [5.41, 5.74) is 7.27. The van der Waals surface area contributed by atoms with Gasteiger partial charge in [0.15, 0.2) is 0 Å². The standard InChI is InChI=1S/C13H15BrN2S/c1-2-11-3-4-12(17-11)6-13(15)9-5-10(14)8-16-7-9/h3-5,7-8,13H,2,6,15H2,1H3. The van der Waals surface area contributed by atoms with E-state index in [1.807, 2.05) is 23.6 Å². The predicted octanol–water partition coefficient (Wildman–Crippen LogP) is 3.71. The zero-order valence-corrected chi connectivity index (χ0v) is 12.1. The van der Waals surface area contributed by atoms with E-state index in [0.29, 0.717) is 0 Å². The van der Waals surface area contributed by atoms with Crippen molar-refractivity contribution in [3.63, 3.8) is 0 Å². The summed E-state index contributed by atoms with van der Waals surface area (Å²) in [7, 11) is 0. The summed E-state index contributed by atoms with van der Waals surface area (Å²) in [6, 6.07) is 6.41. The summed E-state index contributed by atoms with van der Waals surface area (Å²) in [6.07, 6.45) is 5.58. The van der Waals surface area contributed by atoms with Gasteiger partial charge in [-0.25, -0.2) is 0 Å². The van der Waals surface area contributed by atoms with Crippen LogP contribution in [0.4, 0.5) is 0 Å². The molecule has 0 bridgehead atoms. The average Bonchev–Trinajstić information content (AvgIpc) is 2.77. The Morgan fingerprint density at radius 3 is 2.76 bits per heavy atom. The number of aromatic nitrogens is 1. The van der Waals surface area contributed by atoms with E-state index in [4.69, 9.17) is 5.73 Å². The van der Waals surface area contributed by atoms with E-state index in [9.17, 15) is 0 Å². The molecule has 0 radical (unpaired) electrons. The van der Waals surface area contributed by atoms with Crippen molar-refractivity contribution >= 4 is 27.3 Å². The lowest BCUT2D eigenvalue weighted by atomic mass is 10.1. The van der Waals surface area contributed by atoms with Crippen molar-refractivity contribution in [2.75, 3.05) is 0 Å². The minimum absolute atomic E-state index is 0.0170. The summed E-state index contributed by atoms with van der Waals surface area (Å²) < 4.78 is 0.978. The Hall–Kier alpha value is -0.710. The van der Waals surface area contributed by atoms with Crippen molar-refractivity contribution in [1.29, 1.82) is 0 Å². The highest BCUT2D eigenvalue weighted by atomic mass is 79.9. The maximum Gasteiger partial charge on any atom is 0.0410 e. The van der Waals surface area contributed by atoms with Gasteiger partial charge in [-0.05, 0) is 46.1 Å². The monoisotopic (exact) mass is 310 g/mol. The van der Waals surface area contributed by atoms with E-state index < -0.39 is 0 Å². The van der Waals surface area contributed by atoms with Crippen LogP contribution in [0.1, 0.15) is 28.3 Å². The van der Waals surface area contributed by atoms with Crippen LogP contribution in [0.5, 0.6) is 0 Å². The van der Waals surface area contributed by atoms with Crippen LogP contribution in [0.15, 0.2) is 35.1 Å².